The molecule has 0 aromatic heterocycles. The van der Waals surface area contributed by atoms with Gasteiger partial charge < -0.3 is 9.47 Å². The minimum atomic E-state index is -4.29. The fourth-order valence-corrected chi connectivity index (χ4v) is 2.16. The van der Waals surface area contributed by atoms with Gasteiger partial charge >= 0.3 is 6.18 Å². The van der Waals surface area contributed by atoms with Crippen molar-refractivity contribution in [2.45, 2.75) is 17.4 Å². The van der Waals surface area contributed by atoms with Crippen molar-refractivity contribution in [1.29, 1.82) is 0 Å². The van der Waals surface area contributed by atoms with Crippen molar-refractivity contribution in [3.63, 3.8) is 0 Å². The zero-order valence-corrected chi connectivity index (χ0v) is 12.5. The van der Waals surface area contributed by atoms with Crippen LogP contribution >= 0.6 is 27.5 Å². The number of benzene rings is 1. The van der Waals surface area contributed by atoms with Crippen molar-refractivity contribution in [3.8, 4) is 5.75 Å². The smallest absolute Gasteiger partial charge is 0.411 e. The Morgan fingerprint density at radius 2 is 2.05 bits per heavy atom. The van der Waals surface area contributed by atoms with Gasteiger partial charge in [-0.1, -0.05) is 33.6 Å². The second kappa shape index (κ2) is 7.36. The van der Waals surface area contributed by atoms with E-state index in [0.29, 0.717) is 17.2 Å². The first-order valence-electron chi connectivity index (χ1n) is 5.45. The van der Waals surface area contributed by atoms with Crippen LogP contribution in [0.5, 0.6) is 5.75 Å². The molecule has 1 aromatic rings. The molecule has 0 radical (unpaired) electrons. The van der Waals surface area contributed by atoms with E-state index in [1.54, 1.807) is 18.2 Å². The van der Waals surface area contributed by atoms with Crippen molar-refractivity contribution < 1.29 is 22.6 Å². The van der Waals surface area contributed by atoms with Crippen LogP contribution in [0.4, 0.5) is 13.2 Å². The lowest BCUT2D eigenvalue weighted by atomic mass is 10.1. The molecule has 7 heteroatoms. The van der Waals surface area contributed by atoms with Gasteiger partial charge in [0.25, 0.3) is 0 Å². The predicted octanol–water partition coefficient (Wildman–Crippen LogP) is 4.75. The first-order valence-corrected chi connectivity index (χ1v) is 6.75. The van der Waals surface area contributed by atoms with Crippen LogP contribution < -0.4 is 4.74 Å². The highest BCUT2D eigenvalue weighted by Crippen LogP contribution is 2.32. The summed E-state index contributed by atoms with van der Waals surface area (Å²) >= 11 is 9.36. The highest BCUT2D eigenvalue weighted by molar-refractivity contribution is 9.09. The van der Waals surface area contributed by atoms with E-state index < -0.39 is 12.8 Å². The van der Waals surface area contributed by atoms with Crippen molar-refractivity contribution in [2.75, 3.05) is 20.3 Å². The van der Waals surface area contributed by atoms with Gasteiger partial charge in [-0.25, -0.2) is 0 Å². The van der Waals surface area contributed by atoms with Gasteiger partial charge in [0.05, 0.1) is 12.1 Å². The number of hydrogen-bond acceptors (Lipinski definition) is 2. The SMILES string of the molecule is COc1ccc(C(Br)CCOCC(F)(F)F)cc1Cl. The van der Waals surface area contributed by atoms with E-state index in [1.807, 2.05) is 0 Å². The average Bonchev–Trinajstić information content (AvgIpc) is 2.33. The van der Waals surface area contributed by atoms with Gasteiger partial charge in [-0.05, 0) is 24.1 Å². The molecule has 1 unspecified atom stereocenters. The molecule has 108 valence electrons. The molecule has 0 aliphatic rings. The number of halogens is 5. The fraction of sp³-hybridized carbons (Fsp3) is 0.500. The molecule has 0 fully saturated rings. The third-order valence-corrected chi connectivity index (χ3v) is 3.60. The Labute approximate surface area is 123 Å². The first-order chi connectivity index (χ1) is 8.83. The van der Waals surface area contributed by atoms with Crippen molar-refractivity contribution >= 4 is 27.5 Å². The molecule has 1 rings (SSSR count). The van der Waals surface area contributed by atoms with E-state index in [2.05, 4.69) is 20.7 Å². The van der Waals surface area contributed by atoms with Crippen LogP contribution in [-0.2, 0) is 4.74 Å². The number of alkyl halides is 4. The van der Waals surface area contributed by atoms with Gasteiger partial charge in [0, 0.05) is 11.4 Å². The quantitative estimate of drug-likeness (QED) is 0.537. The maximum Gasteiger partial charge on any atom is 0.411 e. The zero-order valence-electron chi connectivity index (χ0n) is 10.1. The number of hydrogen-bond donors (Lipinski definition) is 0. The normalized spacial score (nSPS) is 13.4. The maximum absolute atomic E-state index is 11.9. The summed E-state index contributed by atoms with van der Waals surface area (Å²) in [7, 11) is 1.51. The van der Waals surface area contributed by atoms with Crippen LogP contribution in [0.1, 0.15) is 16.8 Å². The standard InChI is InChI=1S/C12H13BrClF3O2/c1-18-11-3-2-8(6-10(11)14)9(13)4-5-19-7-12(15,16)17/h2-3,6,9H,4-5,7H2,1H3. The van der Waals surface area contributed by atoms with E-state index in [4.69, 9.17) is 16.3 Å². The number of methoxy groups -OCH3 is 1. The highest BCUT2D eigenvalue weighted by Gasteiger charge is 2.27. The molecule has 0 amide bonds. The monoisotopic (exact) mass is 360 g/mol. The Bertz CT molecular complexity index is 412. The molecule has 0 N–H and O–H groups in total. The van der Waals surface area contributed by atoms with Gasteiger partial charge in [0.1, 0.15) is 12.4 Å². The molecule has 0 aliphatic carbocycles. The van der Waals surface area contributed by atoms with Gasteiger partial charge in [-0.2, -0.15) is 13.2 Å². The van der Waals surface area contributed by atoms with Crippen molar-refractivity contribution in [2.24, 2.45) is 0 Å². The van der Waals surface area contributed by atoms with E-state index in [-0.39, 0.29) is 11.4 Å². The predicted molar refractivity (Wildman–Crippen MR) is 71.2 cm³/mol. The van der Waals surface area contributed by atoms with Crippen LogP contribution in [0.3, 0.4) is 0 Å². The summed E-state index contributed by atoms with van der Waals surface area (Å²) in [5.74, 6) is 0.554. The molecule has 0 heterocycles. The Morgan fingerprint density at radius 3 is 2.58 bits per heavy atom. The van der Waals surface area contributed by atoms with Gasteiger partial charge in [-0.3, -0.25) is 0 Å². The summed E-state index contributed by atoms with van der Waals surface area (Å²) < 4.78 is 45.2. The molecular formula is C12H13BrClF3O2. The Hall–Kier alpha value is -0.460. The molecule has 0 aliphatic heterocycles. The first kappa shape index (κ1) is 16.6. The van der Waals surface area contributed by atoms with Crippen LogP contribution in [0, 0.1) is 0 Å². The van der Waals surface area contributed by atoms with Crippen LogP contribution in [0.2, 0.25) is 5.02 Å². The lowest BCUT2D eigenvalue weighted by Crippen LogP contribution is -2.17. The minimum absolute atomic E-state index is 0.0130. The van der Waals surface area contributed by atoms with Crippen LogP contribution in [0.15, 0.2) is 18.2 Å². The lowest BCUT2D eigenvalue weighted by Gasteiger charge is -2.13. The molecule has 2 nitrogen and oxygen atoms in total. The molecular weight excluding hydrogens is 348 g/mol. The summed E-state index contributed by atoms with van der Waals surface area (Å²) in [6, 6.07) is 5.22. The Kier molecular flexibility index (Phi) is 6.42. The van der Waals surface area contributed by atoms with E-state index in [0.717, 1.165) is 5.56 Å². The lowest BCUT2D eigenvalue weighted by molar-refractivity contribution is -0.174. The van der Waals surface area contributed by atoms with Crippen LogP contribution in [-0.4, -0.2) is 26.5 Å². The summed E-state index contributed by atoms with van der Waals surface area (Å²) in [6.45, 7) is -1.21. The summed E-state index contributed by atoms with van der Waals surface area (Å²) in [5, 5.41) is 0.459. The Balaban J connectivity index is 2.45. The summed E-state index contributed by atoms with van der Waals surface area (Å²) in [6.07, 6.45) is -3.87. The molecule has 1 aromatic carbocycles. The molecule has 0 bridgehead atoms. The molecule has 0 saturated heterocycles. The van der Waals surface area contributed by atoms with E-state index in [1.165, 1.54) is 7.11 Å². The maximum atomic E-state index is 11.9. The highest BCUT2D eigenvalue weighted by atomic mass is 79.9. The average molecular weight is 362 g/mol. The van der Waals surface area contributed by atoms with Crippen LogP contribution in [0.25, 0.3) is 0 Å². The number of rotatable bonds is 6. The van der Waals surface area contributed by atoms with Crippen molar-refractivity contribution in [1.82, 2.24) is 0 Å². The van der Waals surface area contributed by atoms with Crippen molar-refractivity contribution in [3.05, 3.63) is 28.8 Å². The summed E-state index contributed by atoms with van der Waals surface area (Å²) in [5.41, 5.74) is 0.862. The third kappa shape index (κ3) is 6.01. The molecule has 19 heavy (non-hydrogen) atoms. The van der Waals surface area contributed by atoms with Gasteiger partial charge in [0.2, 0.25) is 0 Å². The largest absolute Gasteiger partial charge is 0.495 e. The number of ether oxygens (including phenoxy) is 2. The zero-order chi connectivity index (χ0) is 14.5. The molecule has 0 saturated carbocycles. The molecule has 0 spiro atoms. The fourth-order valence-electron chi connectivity index (χ4n) is 1.42. The van der Waals surface area contributed by atoms with Gasteiger partial charge in [-0.15, -0.1) is 0 Å². The van der Waals surface area contributed by atoms with E-state index in [9.17, 15) is 13.2 Å². The second-order valence-corrected chi connectivity index (χ2v) is 5.33. The Morgan fingerprint density at radius 1 is 1.37 bits per heavy atom. The van der Waals surface area contributed by atoms with E-state index >= 15 is 0 Å². The topological polar surface area (TPSA) is 18.5 Å². The molecule has 1 atom stereocenters. The van der Waals surface area contributed by atoms with Gasteiger partial charge in [0.15, 0.2) is 0 Å². The summed E-state index contributed by atoms with van der Waals surface area (Å²) in [4.78, 5) is -0.121. The second-order valence-electron chi connectivity index (χ2n) is 3.82. The minimum Gasteiger partial charge on any atom is -0.495 e. The third-order valence-electron chi connectivity index (χ3n) is 2.32.